The summed E-state index contributed by atoms with van der Waals surface area (Å²) in [6.45, 7) is 4.39. The third kappa shape index (κ3) is 7.41. The summed E-state index contributed by atoms with van der Waals surface area (Å²) in [5.74, 6) is 2.17. The Bertz CT molecular complexity index is 719. The van der Waals surface area contributed by atoms with Crippen LogP contribution in [-0.4, -0.2) is 52.9 Å². The van der Waals surface area contributed by atoms with Crippen molar-refractivity contribution in [3.05, 3.63) is 47.3 Å². The average molecular weight is 490 g/mol. The fourth-order valence-corrected chi connectivity index (χ4v) is 2.40. The van der Waals surface area contributed by atoms with Gasteiger partial charge in [0.05, 0.1) is 0 Å². The Labute approximate surface area is 177 Å². The third-order valence-electron chi connectivity index (χ3n) is 4.06. The summed E-state index contributed by atoms with van der Waals surface area (Å²) in [6.07, 6.45) is 0.878. The predicted molar refractivity (Wildman–Crippen MR) is 115 cm³/mol. The average Bonchev–Trinajstić information content (AvgIpc) is 2.95. The maximum atomic E-state index is 13.1. The molecule has 0 saturated heterocycles. The van der Waals surface area contributed by atoms with Gasteiger partial charge in [0.2, 0.25) is 0 Å². The first kappa shape index (κ1) is 23.3. The number of halogens is 2. The molecule has 0 radical (unpaired) electrons. The number of benzene rings is 1. The van der Waals surface area contributed by atoms with Gasteiger partial charge in [0.15, 0.2) is 11.8 Å². The smallest absolute Gasteiger partial charge is 0.194 e. The van der Waals surface area contributed by atoms with Crippen LogP contribution in [0, 0.1) is 12.7 Å². The van der Waals surface area contributed by atoms with E-state index in [0.29, 0.717) is 19.7 Å². The monoisotopic (exact) mass is 490 g/mol. The molecule has 0 aliphatic rings. The van der Waals surface area contributed by atoms with Gasteiger partial charge in [-0.05, 0) is 31.0 Å². The molecule has 0 atom stereocenters. The summed E-state index contributed by atoms with van der Waals surface area (Å²) in [6, 6.07) is 6.49. The molecule has 9 heteroatoms. The number of nitrogens with one attached hydrogen (secondary N) is 1. The zero-order chi connectivity index (χ0) is 18.9. The quantitative estimate of drug-likeness (QED) is 0.267. The Morgan fingerprint density at radius 3 is 2.59 bits per heavy atom. The zero-order valence-corrected chi connectivity index (χ0v) is 18.6. The highest BCUT2D eigenvalue weighted by molar-refractivity contribution is 14.0. The molecule has 2 rings (SSSR count). The molecule has 27 heavy (non-hydrogen) atoms. The van der Waals surface area contributed by atoms with Gasteiger partial charge in [-0.15, -0.1) is 34.2 Å². The Morgan fingerprint density at radius 1 is 1.30 bits per heavy atom. The maximum absolute atomic E-state index is 13.1. The molecular formula is C18H28FIN6O. The first-order valence-electron chi connectivity index (χ1n) is 8.59. The van der Waals surface area contributed by atoms with E-state index in [1.165, 1.54) is 12.1 Å². The Hall–Kier alpha value is -1.75. The molecule has 1 aromatic carbocycles. The van der Waals surface area contributed by atoms with Crippen LogP contribution in [0.15, 0.2) is 29.3 Å². The standard InChI is InChI=1S/C18H27FN6O.HI/c1-14-22-23-17(25(14)3)12-21-18(20-10-5-11-26-4)24(2)13-15-6-8-16(19)9-7-15;/h6-9H,5,10-13H2,1-4H3,(H,20,21);1H. The summed E-state index contributed by atoms with van der Waals surface area (Å²) in [5, 5.41) is 11.6. The highest BCUT2D eigenvalue weighted by atomic mass is 127. The number of rotatable bonds is 8. The van der Waals surface area contributed by atoms with Gasteiger partial charge in [0.1, 0.15) is 18.2 Å². The third-order valence-corrected chi connectivity index (χ3v) is 4.06. The molecule has 1 N–H and O–H groups in total. The van der Waals surface area contributed by atoms with E-state index in [9.17, 15) is 4.39 Å². The van der Waals surface area contributed by atoms with Crippen LogP contribution < -0.4 is 5.32 Å². The zero-order valence-electron chi connectivity index (χ0n) is 16.3. The number of nitrogens with zero attached hydrogens (tertiary/aromatic N) is 5. The van der Waals surface area contributed by atoms with Crippen LogP contribution in [0.4, 0.5) is 4.39 Å². The first-order valence-corrected chi connectivity index (χ1v) is 8.59. The van der Waals surface area contributed by atoms with Crippen LogP contribution in [0.5, 0.6) is 0 Å². The Balaban J connectivity index is 0.00000364. The maximum Gasteiger partial charge on any atom is 0.194 e. The molecule has 1 heterocycles. The van der Waals surface area contributed by atoms with Crippen molar-refractivity contribution in [2.45, 2.75) is 26.4 Å². The summed E-state index contributed by atoms with van der Waals surface area (Å²) in [7, 11) is 5.56. The van der Waals surface area contributed by atoms with E-state index in [4.69, 9.17) is 4.74 Å². The van der Waals surface area contributed by atoms with E-state index in [1.807, 2.05) is 30.5 Å². The number of aromatic nitrogens is 3. The number of hydrogen-bond donors (Lipinski definition) is 1. The van der Waals surface area contributed by atoms with Crippen molar-refractivity contribution in [1.82, 2.24) is 25.0 Å². The van der Waals surface area contributed by atoms with Gasteiger partial charge >= 0.3 is 0 Å². The first-order chi connectivity index (χ1) is 12.5. The molecule has 150 valence electrons. The molecule has 0 fully saturated rings. The number of ether oxygens (including phenoxy) is 1. The van der Waals surface area contributed by atoms with Gasteiger partial charge in [0, 0.05) is 40.9 Å². The van der Waals surface area contributed by atoms with Crippen LogP contribution >= 0.6 is 24.0 Å². The summed E-state index contributed by atoms with van der Waals surface area (Å²) >= 11 is 0. The lowest BCUT2D eigenvalue weighted by Crippen LogP contribution is -2.39. The van der Waals surface area contributed by atoms with Gasteiger partial charge in [-0.25, -0.2) is 9.38 Å². The molecule has 0 spiro atoms. The molecule has 0 unspecified atom stereocenters. The number of guanidine groups is 1. The predicted octanol–water partition coefficient (Wildman–Crippen LogP) is 2.49. The molecule has 0 aliphatic carbocycles. The largest absolute Gasteiger partial charge is 0.385 e. The van der Waals surface area contributed by atoms with Crippen LogP contribution in [0.25, 0.3) is 0 Å². The number of methoxy groups -OCH3 is 1. The topological polar surface area (TPSA) is 67.6 Å². The van der Waals surface area contributed by atoms with E-state index in [2.05, 4.69) is 20.5 Å². The van der Waals surface area contributed by atoms with Gasteiger partial charge in [-0.2, -0.15) is 0 Å². The number of aliphatic imine (C=N–C) groups is 1. The molecule has 0 amide bonds. The minimum Gasteiger partial charge on any atom is -0.385 e. The fourth-order valence-electron chi connectivity index (χ4n) is 2.40. The number of hydrogen-bond acceptors (Lipinski definition) is 4. The molecular weight excluding hydrogens is 462 g/mol. The lowest BCUT2D eigenvalue weighted by molar-refractivity contribution is 0.195. The van der Waals surface area contributed by atoms with Crippen molar-refractivity contribution in [2.24, 2.45) is 12.0 Å². The second kappa shape index (κ2) is 11.9. The van der Waals surface area contributed by atoms with E-state index in [1.54, 1.807) is 19.2 Å². The van der Waals surface area contributed by atoms with Gasteiger partial charge < -0.3 is 19.5 Å². The lowest BCUT2D eigenvalue weighted by atomic mass is 10.2. The number of aryl methyl sites for hydroxylation is 1. The van der Waals surface area contributed by atoms with Crippen molar-refractivity contribution >= 4 is 29.9 Å². The fraction of sp³-hybridized carbons (Fsp3) is 0.500. The molecule has 1 aromatic heterocycles. The van der Waals surface area contributed by atoms with E-state index in [0.717, 1.165) is 36.1 Å². The minimum absolute atomic E-state index is 0. The van der Waals surface area contributed by atoms with Crippen molar-refractivity contribution in [1.29, 1.82) is 0 Å². The lowest BCUT2D eigenvalue weighted by Gasteiger charge is -2.22. The van der Waals surface area contributed by atoms with E-state index in [-0.39, 0.29) is 29.8 Å². The summed E-state index contributed by atoms with van der Waals surface area (Å²) in [5.41, 5.74) is 1.01. The van der Waals surface area contributed by atoms with Crippen molar-refractivity contribution in [3.8, 4) is 0 Å². The second-order valence-electron chi connectivity index (χ2n) is 6.12. The Kier molecular flexibility index (Phi) is 10.2. The Morgan fingerprint density at radius 2 is 2.00 bits per heavy atom. The highest BCUT2D eigenvalue weighted by Crippen LogP contribution is 2.07. The van der Waals surface area contributed by atoms with E-state index < -0.39 is 0 Å². The molecule has 0 bridgehead atoms. The van der Waals surface area contributed by atoms with Crippen molar-refractivity contribution in [3.63, 3.8) is 0 Å². The SMILES string of the molecule is COCCCNC(=NCc1nnc(C)n1C)N(C)Cc1ccc(F)cc1.I. The van der Waals surface area contributed by atoms with Gasteiger partial charge in [-0.3, -0.25) is 0 Å². The van der Waals surface area contributed by atoms with Crippen LogP contribution in [0.1, 0.15) is 23.6 Å². The van der Waals surface area contributed by atoms with Crippen LogP contribution in [-0.2, 0) is 24.9 Å². The van der Waals surface area contributed by atoms with Gasteiger partial charge in [-0.1, -0.05) is 12.1 Å². The van der Waals surface area contributed by atoms with Gasteiger partial charge in [0.25, 0.3) is 0 Å². The normalized spacial score (nSPS) is 11.2. The molecule has 0 aliphatic heterocycles. The molecule has 0 saturated carbocycles. The molecule has 7 nitrogen and oxygen atoms in total. The minimum atomic E-state index is -0.236. The second-order valence-corrected chi connectivity index (χ2v) is 6.12. The van der Waals surface area contributed by atoms with Crippen LogP contribution in [0.2, 0.25) is 0 Å². The summed E-state index contributed by atoms with van der Waals surface area (Å²) in [4.78, 5) is 6.68. The summed E-state index contributed by atoms with van der Waals surface area (Å²) < 4.78 is 20.1. The van der Waals surface area contributed by atoms with Crippen LogP contribution in [0.3, 0.4) is 0 Å². The highest BCUT2D eigenvalue weighted by Gasteiger charge is 2.09. The van der Waals surface area contributed by atoms with Crippen molar-refractivity contribution < 1.29 is 9.13 Å². The van der Waals surface area contributed by atoms with E-state index >= 15 is 0 Å². The van der Waals surface area contributed by atoms with Crippen molar-refractivity contribution in [2.75, 3.05) is 27.3 Å². The molecule has 2 aromatic rings.